The first kappa shape index (κ1) is 35.8. The van der Waals surface area contributed by atoms with Gasteiger partial charge in [0, 0.05) is 31.8 Å². The van der Waals surface area contributed by atoms with Gasteiger partial charge in [-0.1, -0.05) is 93.1 Å². The number of esters is 2. The van der Waals surface area contributed by atoms with Gasteiger partial charge < -0.3 is 18.9 Å². The predicted octanol–water partition coefficient (Wildman–Crippen LogP) is 7.42. The molecule has 0 aliphatic carbocycles. The summed E-state index contributed by atoms with van der Waals surface area (Å²) in [6.07, 6.45) is -10.5. The van der Waals surface area contributed by atoms with Gasteiger partial charge in [-0.2, -0.15) is 26.3 Å². The number of carbonyl (C=O) groups is 2. The number of hydrogen-bond donors (Lipinski definition) is 0. The maximum atomic E-state index is 14.3. The number of rotatable bonds is 15. The topological polar surface area (TPSA) is 71.1 Å². The Balaban J connectivity index is 2.13. The first-order valence-corrected chi connectivity index (χ1v) is 13.5. The van der Waals surface area contributed by atoms with E-state index in [2.05, 4.69) is 6.58 Å². The fraction of sp³-hybridized carbons (Fsp3) is 0.484. The van der Waals surface area contributed by atoms with E-state index in [-0.39, 0.29) is 19.3 Å². The molecule has 2 aromatic rings. The molecule has 2 aromatic carbocycles. The van der Waals surface area contributed by atoms with Crippen molar-refractivity contribution in [2.45, 2.75) is 69.2 Å². The van der Waals surface area contributed by atoms with Crippen molar-refractivity contribution in [2.24, 2.45) is 5.92 Å². The molecule has 0 saturated carbocycles. The summed E-state index contributed by atoms with van der Waals surface area (Å²) in [7, 11) is 1.53. The standard InChI is InChI=1S/C31H36F6O6/c1-6-13-25(43-27(39)29(41-5,31(35,36)37)24-16-11-8-12-17-24)19-21(2)18-22(3)20-42-26(38)28(40-4,30(32,33)34)23-14-9-7-10-15-23/h7-12,14-17,22,25H,2,6,13,18-20H2,1,3-5H3/t22-,25-,28+,29+/m1/s1. The molecule has 2 rings (SSSR count). The highest BCUT2D eigenvalue weighted by atomic mass is 19.4. The van der Waals surface area contributed by atoms with E-state index < -0.39 is 65.2 Å². The van der Waals surface area contributed by atoms with Gasteiger partial charge in [0.05, 0.1) is 6.61 Å². The second-order valence-electron chi connectivity index (χ2n) is 10.2. The number of methoxy groups -OCH3 is 2. The Kier molecular flexibility index (Phi) is 12.4. The third kappa shape index (κ3) is 7.97. The van der Waals surface area contributed by atoms with Gasteiger partial charge in [-0.05, 0) is 18.8 Å². The maximum Gasteiger partial charge on any atom is 0.432 e. The van der Waals surface area contributed by atoms with Gasteiger partial charge in [-0.25, -0.2) is 9.59 Å². The number of alkyl halides is 6. The molecule has 0 spiro atoms. The minimum Gasteiger partial charge on any atom is -0.463 e. The van der Waals surface area contributed by atoms with Gasteiger partial charge in [-0.3, -0.25) is 0 Å². The summed E-state index contributed by atoms with van der Waals surface area (Å²) in [4.78, 5) is 25.9. The molecule has 43 heavy (non-hydrogen) atoms. The Hall–Kier alpha value is -3.38. The highest BCUT2D eigenvalue weighted by Gasteiger charge is 2.65. The molecular formula is C31H36F6O6. The molecule has 0 aliphatic heterocycles. The van der Waals surface area contributed by atoms with Crippen molar-refractivity contribution in [3.63, 3.8) is 0 Å². The molecule has 0 saturated heterocycles. The lowest BCUT2D eigenvalue weighted by Crippen LogP contribution is -2.52. The minimum atomic E-state index is -5.14. The molecule has 0 amide bonds. The third-order valence-electron chi connectivity index (χ3n) is 6.88. The fourth-order valence-electron chi connectivity index (χ4n) is 4.81. The Morgan fingerprint density at radius 2 is 1.21 bits per heavy atom. The molecular weight excluding hydrogens is 582 g/mol. The summed E-state index contributed by atoms with van der Waals surface area (Å²) in [5.74, 6) is -3.82. The van der Waals surface area contributed by atoms with Crippen LogP contribution in [-0.2, 0) is 39.7 Å². The van der Waals surface area contributed by atoms with Crippen molar-refractivity contribution in [1.29, 1.82) is 0 Å². The van der Waals surface area contributed by atoms with Gasteiger partial charge in [0.25, 0.3) is 11.2 Å². The zero-order valence-corrected chi connectivity index (χ0v) is 24.4. The molecule has 0 fully saturated rings. The molecule has 4 atom stereocenters. The largest absolute Gasteiger partial charge is 0.463 e. The molecule has 0 heterocycles. The second-order valence-corrected chi connectivity index (χ2v) is 10.2. The minimum absolute atomic E-state index is 0.0289. The van der Waals surface area contributed by atoms with Gasteiger partial charge in [0.2, 0.25) is 0 Å². The summed E-state index contributed by atoms with van der Waals surface area (Å²) >= 11 is 0. The van der Waals surface area contributed by atoms with Crippen LogP contribution in [0.15, 0.2) is 72.8 Å². The fourth-order valence-corrected chi connectivity index (χ4v) is 4.81. The lowest BCUT2D eigenvalue weighted by Gasteiger charge is -2.34. The van der Waals surface area contributed by atoms with E-state index in [1.54, 1.807) is 13.8 Å². The average Bonchev–Trinajstić information content (AvgIpc) is 2.93. The van der Waals surface area contributed by atoms with E-state index in [0.717, 1.165) is 38.5 Å². The van der Waals surface area contributed by atoms with Crippen molar-refractivity contribution in [3.05, 3.63) is 83.9 Å². The lowest BCUT2D eigenvalue weighted by atomic mass is 9.92. The molecule has 0 N–H and O–H groups in total. The number of hydrogen-bond acceptors (Lipinski definition) is 6. The van der Waals surface area contributed by atoms with Crippen molar-refractivity contribution < 1.29 is 54.9 Å². The molecule has 238 valence electrons. The Bertz CT molecular complexity index is 1200. The van der Waals surface area contributed by atoms with Crippen molar-refractivity contribution in [3.8, 4) is 0 Å². The van der Waals surface area contributed by atoms with E-state index in [1.165, 1.54) is 36.4 Å². The van der Waals surface area contributed by atoms with E-state index in [1.807, 2.05) is 0 Å². The first-order valence-electron chi connectivity index (χ1n) is 13.5. The van der Waals surface area contributed by atoms with Crippen molar-refractivity contribution in [1.82, 2.24) is 0 Å². The monoisotopic (exact) mass is 618 g/mol. The van der Waals surface area contributed by atoms with Crippen LogP contribution in [0.5, 0.6) is 0 Å². The third-order valence-corrected chi connectivity index (χ3v) is 6.88. The Labute approximate surface area is 247 Å². The summed E-state index contributed by atoms with van der Waals surface area (Å²) in [5.41, 5.74) is -7.15. The van der Waals surface area contributed by atoms with E-state index in [0.29, 0.717) is 12.0 Å². The van der Waals surface area contributed by atoms with Crippen LogP contribution in [0.2, 0.25) is 0 Å². The first-order chi connectivity index (χ1) is 20.1. The SMILES string of the molecule is C=C(C[C@@H](C)COC(=O)[C@@](OC)(c1ccccc1)C(F)(F)F)C[C@@H](CCC)OC(=O)[C@@](OC)(c1ccccc1)C(F)(F)F. The lowest BCUT2D eigenvalue weighted by molar-refractivity contribution is -0.278. The van der Waals surface area contributed by atoms with Crippen molar-refractivity contribution in [2.75, 3.05) is 20.8 Å². The van der Waals surface area contributed by atoms with Crippen LogP contribution in [0.1, 0.15) is 50.7 Å². The van der Waals surface area contributed by atoms with Crippen LogP contribution in [0.25, 0.3) is 0 Å². The number of halogens is 6. The molecule has 0 bridgehead atoms. The van der Waals surface area contributed by atoms with Crippen LogP contribution in [-0.4, -0.2) is 51.2 Å². The summed E-state index contributed by atoms with van der Waals surface area (Å²) in [6.45, 7) is 6.82. The molecule has 0 unspecified atom stereocenters. The summed E-state index contributed by atoms with van der Waals surface area (Å²) < 4.78 is 105. The van der Waals surface area contributed by atoms with Crippen molar-refractivity contribution >= 4 is 11.9 Å². The summed E-state index contributed by atoms with van der Waals surface area (Å²) in [5, 5.41) is 0. The van der Waals surface area contributed by atoms with E-state index in [9.17, 15) is 35.9 Å². The normalized spacial score (nSPS) is 16.3. The predicted molar refractivity (Wildman–Crippen MR) is 146 cm³/mol. The molecule has 12 heteroatoms. The van der Waals surface area contributed by atoms with Crippen LogP contribution in [0, 0.1) is 5.92 Å². The van der Waals surface area contributed by atoms with E-state index >= 15 is 0 Å². The number of carbonyl (C=O) groups excluding carboxylic acids is 2. The number of benzene rings is 2. The summed E-state index contributed by atoms with van der Waals surface area (Å²) in [6, 6.07) is 12.8. The molecule has 0 radical (unpaired) electrons. The van der Waals surface area contributed by atoms with E-state index in [4.69, 9.17) is 18.9 Å². The smallest absolute Gasteiger partial charge is 0.432 e. The average molecular weight is 619 g/mol. The van der Waals surface area contributed by atoms with Gasteiger partial charge in [-0.15, -0.1) is 0 Å². The van der Waals surface area contributed by atoms with Crippen LogP contribution >= 0.6 is 0 Å². The highest BCUT2D eigenvalue weighted by Crippen LogP contribution is 2.44. The van der Waals surface area contributed by atoms with Gasteiger partial charge in [0.15, 0.2) is 0 Å². The second kappa shape index (κ2) is 14.9. The van der Waals surface area contributed by atoms with Crippen LogP contribution in [0.3, 0.4) is 0 Å². The zero-order valence-electron chi connectivity index (χ0n) is 24.4. The Morgan fingerprint density at radius 3 is 1.60 bits per heavy atom. The maximum absolute atomic E-state index is 14.3. The van der Waals surface area contributed by atoms with Crippen LogP contribution < -0.4 is 0 Å². The number of ether oxygens (including phenoxy) is 4. The molecule has 0 aromatic heterocycles. The van der Waals surface area contributed by atoms with Gasteiger partial charge >= 0.3 is 24.3 Å². The molecule has 0 aliphatic rings. The highest BCUT2D eigenvalue weighted by molar-refractivity contribution is 5.83. The Morgan fingerprint density at radius 1 is 0.767 bits per heavy atom. The van der Waals surface area contributed by atoms with Crippen LogP contribution in [0.4, 0.5) is 26.3 Å². The molecule has 6 nitrogen and oxygen atoms in total. The quantitative estimate of drug-likeness (QED) is 0.118. The van der Waals surface area contributed by atoms with Gasteiger partial charge in [0.1, 0.15) is 6.10 Å². The zero-order chi connectivity index (χ0) is 32.5.